The molecule has 4 heteroatoms. The number of aromatic nitrogens is 3. The Hall–Kier alpha value is -3.53. The van der Waals surface area contributed by atoms with Gasteiger partial charge in [-0.05, 0) is 48.2 Å². The predicted molar refractivity (Wildman–Crippen MR) is 117 cm³/mol. The first-order chi connectivity index (χ1) is 14.2. The van der Waals surface area contributed by atoms with Crippen LogP contribution in [-0.2, 0) is 0 Å². The van der Waals surface area contributed by atoms with Crippen molar-refractivity contribution in [2.45, 2.75) is 26.3 Å². The summed E-state index contributed by atoms with van der Waals surface area (Å²) >= 11 is 0. The average Bonchev–Trinajstić information content (AvgIpc) is 3.10. The molecule has 1 atom stereocenters. The Labute approximate surface area is 170 Å². The molecule has 0 amide bonds. The van der Waals surface area contributed by atoms with Crippen molar-refractivity contribution >= 4 is 11.5 Å². The molecule has 3 heterocycles. The number of aryl methyl sites for hydroxylation is 2. The Bertz CT molecular complexity index is 1190. The minimum atomic E-state index is 0.0938. The first-order valence-electron chi connectivity index (χ1n) is 9.90. The summed E-state index contributed by atoms with van der Waals surface area (Å²) in [5.74, 6) is 0.931. The van der Waals surface area contributed by atoms with Gasteiger partial charge in [-0.15, -0.1) is 0 Å². The van der Waals surface area contributed by atoms with Gasteiger partial charge >= 0.3 is 0 Å². The van der Waals surface area contributed by atoms with Gasteiger partial charge in [0.05, 0.1) is 17.4 Å². The van der Waals surface area contributed by atoms with E-state index >= 15 is 0 Å². The number of hydrogen-bond donors (Lipinski definition) is 0. The molecule has 0 N–H and O–H groups in total. The van der Waals surface area contributed by atoms with Gasteiger partial charge < -0.3 is 0 Å². The maximum atomic E-state index is 5.15. The van der Waals surface area contributed by atoms with Crippen molar-refractivity contribution in [3.05, 3.63) is 102 Å². The van der Waals surface area contributed by atoms with Gasteiger partial charge in [0.25, 0.3) is 0 Å². The van der Waals surface area contributed by atoms with Gasteiger partial charge in [0, 0.05) is 24.4 Å². The lowest BCUT2D eigenvalue weighted by Crippen LogP contribution is -2.21. The van der Waals surface area contributed by atoms with Crippen LogP contribution >= 0.6 is 0 Å². The quantitative estimate of drug-likeness (QED) is 0.460. The molecule has 142 valence electrons. The average molecular weight is 378 g/mol. The Morgan fingerprint density at radius 3 is 2.34 bits per heavy atom. The van der Waals surface area contributed by atoms with Crippen LogP contribution in [0.25, 0.3) is 11.1 Å². The summed E-state index contributed by atoms with van der Waals surface area (Å²) in [5, 5.41) is 4.93. The van der Waals surface area contributed by atoms with Crippen LogP contribution in [0.4, 0.5) is 5.82 Å². The minimum absolute atomic E-state index is 0.0938. The van der Waals surface area contributed by atoms with Crippen molar-refractivity contribution < 1.29 is 0 Å². The number of nitrogens with zero attached hydrogens (tertiary/aromatic N) is 4. The molecule has 29 heavy (non-hydrogen) atoms. The lowest BCUT2D eigenvalue weighted by molar-refractivity contribution is 0.529. The van der Waals surface area contributed by atoms with Gasteiger partial charge in [-0.1, -0.05) is 54.6 Å². The summed E-state index contributed by atoms with van der Waals surface area (Å²) in [4.78, 5) is 9.35. The minimum Gasteiger partial charge on any atom is -0.265 e. The molecule has 0 spiro atoms. The van der Waals surface area contributed by atoms with Crippen LogP contribution in [0.3, 0.4) is 0 Å². The molecule has 2 aromatic carbocycles. The third kappa shape index (κ3) is 3.07. The topological polar surface area (TPSA) is 43.1 Å². The molecule has 0 unspecified atom stereocenters. The Balaban J connectivity index is 1.75. The highest BCUT2D eigenvalue weighted by molar-refractivity contribution is 6.05. The number of rotatable bonds is 3. The second-order valence-corrected chi connectivity index (χ2v) is 7.47. The van der Waals surface area contributed by atoms with Gasteiger partial charge in [0.2, 0.25) is 0 Å². The largest absolute Gasteiger partial charge is 0.265 e. The molecular formula is C25H22N4. The Morgan fingerprint density at radius 2 is 1.59 bits per heavy atom. The molecule has 4 aromatic rings. The highest BCUT2D eigenvalue weighted by atomic mass is 15.4. The van der Waals surface area contributed by atoms with Gasteiger partial charge in [0.1, 0.15) is 0 Å². The third-order valence-corrected chi connectivity index (χ3v) is 5.59. The van der Waals surface area contributed by atoms with E-state index in [0.29, 0.717) is 0 Å². The number of aliphatic imine (C=N–C) groups is 1. The fourth-order valence-electron chi connectivity index (χ4n) is 4.16. The summed E-state index contributed by atoms with van der Waals surface area (Å²) in [6, 6.07) is 23.1. The first kappa shape index (κ1) is 17.6. The van der Waals surface area contributed by atoms with E-state index in [9.17, 15) is 0 Å². The molecule has 4 nitrogen and oxygen atoms in total. The zero-order chi connectivity index (χ0) is 19.8. The normalized spacial score (nSPS) is 15.7. The fraction of sp³-hybridized carbons (Fsp3) is 0.160. The molecule has 1 aliphatic rings. The van der Waals surface area contributed by atoms with Gasteiger partial charge in [-0.3, -0.25) is 4.98 Å². The van der Waals surface area contributed by atoms with E-state index in [4.69, 9.17) is 10.1 Å². The number of pyridine rings is 1. The first-order valence-corrected chi connectivity index (χ1v) is 9.90. The Kier molecular flexibility index (Phi) is 4.32. The number of hydrogen-bond acceptors (Lipinski definition) is 3. The van der Waals surface area contributed by atoms with Crippen molar-refractivity contribution in [3.8, 4) is 11.1 Å². The van der Waals surface area contributed by atoms with Crippen LogP contribution in [0.5, 0.6) is 0 Å². The van der Waals surface area contributed by atoms with Crippen molar-refractivity contribution in [2.75, 3.05) is 0 Å². The second-order valence-electron chi connectivity index (χ2n) is 7.47. The van der Waals surface area contributed by atoms with Crippen LogP contribution < -0.4 is 0 Å². The molecule has 0 saturated heterocycles. The fourth-order valence-corrected chi connectivity index (χ4v) is 4.16. The highest BCUT2D eigenvalue weighted by Gasteiger charge is 2.29. The lowest BCUT2D eigenvalue weighted by Gasteiger charge is -2.26. The highest BCUT2D eigenvalue weighted by Crippen LogP contribution is 2.41. The lowest BCUT2D eigenvalue weighted by atomic mass is 9.93. The molecular weight excluding hydrogens is 356 g/mol. The van der Waals surface area contributed by atoms with Crippen molar-refractivity contribution in [3.63, 3.8) is 0 Å². The van der Waals surface area contributed by atoms with Crippen molar-refractivity contribution in [2.24, 2.45) is 4.99 Å². The summed E-state index contributed by atoms with van der Waals surface area (Å²) < 4.78 is 2.09. The van der Waals surface area contributed by atoms with Crippen LogP contribution in [-0.4, -0.2) is 20.5 Å². The van der Waals surface area contributed by atoms with Crippen molar-refractivity contribution in [1.29, 1.82) is 0 Å². The zero-order valence-electron chi connectivity index (χ0n) is 16.6. The summed E-state index contributed by atoms with van der Waals surface area (Å²) in [6.07, 6.45) is 4.50. The molecule has 2 aromatic heterocycles. The SMILES string of the molecule is Cc1ccccc1C1=Nc2c(-c3ccccc3)c(C)nn2[C@@H](c2ccncc2)C1. The van der Waals surface area contributed by atoms with E-state index in [2.05, 4.69) is 84.2 Å². The monoisotopic (exact) mass is 378 g/mol. The number of fused-ring (bicyclic) bond motifs is 1. The van der Waals surface area contributed by atoms with E-state index in [1.54, 1.807) is 0 Å². The van der Waals surface area contributed by atoms with Crippen LogP contribution in [0.1, 0.15) is 34.8 Å². The third-order valence-electron chi connectivity index (χ3n) is 5.59. The predicted octanol–water partition coefficient (Wildman–Crippen LogP) is 5.68. The van der Waals surface area contributed by atoms with E-state index < -0.39 is 0 Å². The Morgan fingerprint density at radius 1 is 0.862 bits per heavy atom. The number of benzene rings is 2. The smallest absolute Gasteiger partial charge is 0.159 e. The molecule has 0 aliphatic carbocycles. The van der Waals surface area contributed by atoms with E-state index in [1.165, 1.54) is 16.7 Å². The van der Waals surface area contributed by atoms with E-state index in [1.807, 2.05) is 18.5 Å². The van der Waals surface area contributed by atoms with E-state index in [0.717, 1.165) is 34.8 Å². The molecule has 0 saturated carbocycles. The molecule has 1 aliphatic heterocycles. The molecule has 5 rings (SSSR count). The van der Waals surface area contributed by atoms with Crippen LogP contribution in [0.15, 0.2) is 84.1 Å². The molecule has 0 fully saturated rings. The van der Waals surface area contributed by atoms with Gasteiger partial charge in [-0.25, -0.2) is 9.67 Å². The van der Waals surface area contributed by atoms with Gasteiger partial charge in [0.15, 0.2) is 5.82 Å². The maximum Gasteiger partial charge on any atom is 0.159 e. The van der Waals surface area contributed by atoms with Crippen LogP contribution in [0, 0.1) is 13.8 Å². The molecule has 0 radical (unpaired) electrons. The van der Waals surface area contributed by atoms with E-state index in [-0.39, 0.29) is 6.04 Å². The zero-order valence-corrected chi connectivity index (χ0v) is 16.6. The summed E-state index contributed by atoms with van der Waals surface area (Å²) in [5.41, 5.74) is 8.00. The summed E-state index contributed by atoms with van der Waals surface area (Å²) in [7, 11) is 0. The molecule has 0 bridgehead atoms. The standard InChI is InChI=1S/C25H22N4/c1-17-8-6-7-11-21(17)22-16-23(19-12-14-26-15-13-19)29-25(27-22)24(18(2)28-29)20-9-4-3-5-10-20/h3-15,23H,16H2,1-2H3/t23-/m1/s1. The van der Waals surface area contributed by atoms with Crippen LogP contribution in [0.2, 0.25) is 0 Å². The summed E-state index contributed by atoms with van der Waals surface area (Å²) in [6.45, 7) is 4.22. The van der Waals surface area contributed by atoms with Crippen molar-refractivity contribution in [1.82, 2.24) is 14.8 Å². The second kappa shape index (κ2) is 7.13. The van der Waals surface area contributed by atoms with Gasteiger partial charge in [-0.2, -0.15) is 5.10 Å². The maximum absolute atomic E-state index is 5.15.